The van der Waals surface area contributed by atoms with E-state index < -0.39 is 11.5 Å². The molecule has 0 aliphatic carbocycles. The molecule has 28 heavy (non-hydrogen) atoms. The second-order valence-electron chi connectivity index (χ2n) is 7.32. The normalized spacial score (nSPS) is 19.7. The third kappa shape index (κ3) is 4.31. The Bertz CT molecular complexity index is 881. The Kier molecular flexibility index (Phi) is 6.26. The van der Waals surface area contributed by atoms with E-state index in [-0.39, 0.29) is 18.6 Å². The molecule has 3 rings (SSSR count). The monoisotopic (exact) mass is 384 g/mol. The van der Waals surface area contributed by atoms with Gasteiger partial charge in [-0.1, -0.05) is 44.2 Å². The van der Waals surface area contributed by atoms with Crippen LogP contribution < -0.4 is 10.9 Å². The minimum Gasteiger partial charge on any atom is -0.379 e. The molecule has 7 heteroatoms. The lowest BCUT2D eigenvalue weighted by molar-refractivity contribution is -0.138. The summed E-state index contributed by atoms with van der Waals surface area (Å²) in [5, 5.41) is 20.2. The first-order valence-electron chi connectivity index (χ1n) is 9.83. The van der Waals surface area contributed by atoms with Gasteiger partial charge in [0.05, 0.1) is 5.69 Å². The summed E-state index contributed by atoms with van der Waals surface area (Å²) in [6.07, 6.45) is 1.75. The number of aromatic nitrogens is 2. The van der Waals surface area contributed by atoms with Crippen LogP contribution in [0.3, 0.4) is 0 Å². The van der Waals surface area contributed by atoms with Gasteiger partial charge in [-0.2, -0.15) is 5.10 Å². The number of aliphatic hydroxyl groups is 1. The molecule has 2 aromatic rings. The van der Waals surface area contributed by atoms with Crippen molar-refractivity contribution in [1.82, 2.24) is 20.4 Å². The fourth-order valence-electron chi connectivity index (χ4n) is 3.83. The van der Waals surface area contributed by atoms with Crippen LogP contribution in [0.5, 0.6) is 0 Å². The number of aromatic amines is 1. The summed E-state index contributed by atoms with van der Waals surface area (Å²) in [5.74, 6) is -0.431. The van der Waals surface area contributed by atoms with Crippen molar-refractivity contribution in [3.05, 3.63) is 63.1 Å². The van der Waals surface area contributed by atoms with E-state index in [0.717, 1.165) is 16.8 Å². The Morgan fingerprint density at radius 2 is 2.00 bits per heavy atom. The number of hydrogen-bond donors (Lipinski definition) is 3. The maximum atomic E-state index is 12.7. The standard InChI is InChI=1S/C21H28N4O3/c1-3-16-17(19(26)24-23-18(16)4-2)12-22-20(27)21(28)10-11-25(14-21)13-15-8-6-5-7-9-15/h5-9,28H,3-4,10-14H2,1-2H3,(H,22,27)(H,24,26). The summed E-state index contributed by atoms with van der Waals surface area (Å²) >= 11 is 0. The minimum absolute atomic E-state index is 0.0911. The first-order valence-corrected chi connectivity index (χ1v) is 9.83. The van der Waals surface area contributed by atoms with Gasteiger partial charge < -0.3 is 10.4 Å². The number of nitrogens with zero attached hydrogens (tertiary/aromatic N) is 2. The van der Waals surface area contributed by atoms with Crippen LogP contribution in [-0.4, -0.2) is 44.8 Å². The number of hydrogen-bond acceptors (Lipinski definition) is 5. The number of aryl methyl sites for hydroxylation is 1. The van der Waals surface area contributed by atoms with Crippen molar-refractivity contribution in [3.63, 3.8) is 0 Å². The van der Waals surface area contributed by atoms with Gasteiger partial charge in [-0.05, 0) is 30.4 Å². The van der Waals surface area contributed by atoms with Crippen LogP contribution in [0.2, 0.25) is 0 Å². The Labute approximate surface area is 164 Å². The number of H-pyrrole nitrogens is 1. The molecule has 1 amide bonds. The molecule has 1 aromatic heterocycles. The van der Waals surface area contributed by atoms with Crippen molar-refractivity contribution in [2.24, 2.45) is 0 Å². The van der Waals surface area contributed by atoms with E-state index in [1.807, 2.05) is 44.2 Å². The molecule has 150 valence electrons. The highest BCUT2D eigenvalue weighted by molar-refractivity contribution is 5.85. The van der Waals surface area contributed by atoms with Gasteiger partial charge in [0.1, 0.15) is 0 Å². The van der Waals surface area contributed by atoms with Crippen LogP contribution in [0, 0.1) is 0 Å². The molecule has 0 radical (unpaired) electrons. The lowest BCUT2D eigenvalue weighted by Crippen LogP contribution is -2.49. The van der Waals surface area contributed by atoms with Gasteiger partial charge >= 0.3 is 0 Å². The Hall–Kier alpha value is -2.51. The summed E-state index contributed by atoms with van der Waals surface area (Å²) < 4.78 is 0. The highest BCUT2D eigenvalue weighted by atomic mass is 16.3. The molecule has 1 fully saturated rings. The lowest BCUT2D eigenvalue weighted by atomic mass is 10.0. The van der Waals surface area contributed by atoms with Gasteiger partial charge in [-0.25, -0.2) is 5.10 Å². The predicted molar refractivity (Wildman–Crippen MR) is 107 cm³/mol. The second-order valence-corrected chi connectivity index (χ2v) is 7.32. The second kappa shape index (κ2) is 8.67. The molecular weight excluding hydrogens is 356 g/mol. The van der Waals surface area contributed by atoms with Gasteiger partial charge in [0.15, 0.2) is 5.60 Å². The number of benzene rings is 1. The smallest absolute Gasteiger partial charge is 0.269 e. The van der Waals surface area contributed by atoms with Crippen molar-refractivity contribution < 1.29 is 9.90 Å². The zero-order valence-electron chi connectivity index (χ0n) is 16.5. The highest BCUT2D eigenvalue weighted by Gasteiger charge is 2.42. The van der Waals surface area contributed by atoms with Gasteiger partial charge in [-0.15, -0.1) is 0 Å². The summed E-state index contributed by atoms with van der Waals surface area (Å²) in [6, 6.07) is 9.99. The number of carbonyl (C=O) groups is 1. The third-order valence-corrected chi connectivity index (χ3v) is 5.39. The number of rotatable bonds is 7. The number of carbonyl (C=O) groups excluding carboxylic acids is 1. The van der Waals surface area contributed by atoms with Gasteiger partial charge in [-0.3, -0.25) is 14.5 Å². The fraction of sp³-hybridized carbons (Fsp3) is 0.476. The third-order valence-electron chi connectivity index (χ3n) is 5.39. The van der Waals surface area contributed by atoms with E-state index in [0.29, 0.717) is 37.9 Å². The van der Waals surface area contributed by atoms with Gasteiger partial charge in [0.2, 0.25) is 0 Å². The first-order chi connectivity index (χ1) is 13.5. The molecule has 1 saturated heterocycles. The van der Waals surface area contributed by atoms with Crippen molar-refractivity contribution in [3.8, 4) is 0 Å². The largest absolute Gasteiger partial charge is 0.379 e. The number of amides is 1. The Balaban J connectivity index is 1.65. The Morgan fingerprint density at radius 1 is 1.25 bits per heavy atom. The van der Waals surface area contributed by atoms with Gasteiger partial charge in [0, 0.05) is 31.7 Å². The molecule has 1 atom stereocenters. The molecular formula is C21H28N4O3. The molecule has 1 unspecified atom stereocenters. The SMILES string of the molecule is CCc1n[nH]c(=O)c(CNC(=O)C2(O)CCN(Cc3ccccc3)C2)c1CC. The zero-order chi connectivity index (χ0) is 20.1. The zero-order valence-corrected chi connectivity index (χ0v) is 16.5. The summed E-state index contributed by atoms with van der Waals surface area (Å²) in [6.45, 7) is 5.65. The molecule has 1 aliphatic rings. The Morgan fingerprint density at radius 3 is 2.68 bits per heavy atom. The van der Waals surface area contributed by atoms with E-state index in [9.17, 15) is 14.7 Å². The van der Waals surface area contributed by atoms with E-state index >= 15 is 0 Å². The van der Waals surface area contributed by atoms with Crippen molar-refractivity contribution in [2.45, 2.75) is 51.8 Å². The van der Waals surface area contributed by atoms with Crippen molar-refractivity contribution in [2.75, 3.05) is 13.1 Å². The molecule has 1 aromatic carbocycles. The van der Waals surface area contributed by atoms with Crippen molar-refractivity contribution in [1.29, 1.82) is 0 Å². The highest BCUT2D eigenvalue weighted by Crippen LogP contribution is 2.23. The minimum atomic E-state index is -1.44. The lowest BCUT2D eigenvalue weighted by Gasteiger charge is -2.23. The molecule has 1 aliphatic heterocycles. The maximum Gasteiger partial charge on any atom is 0.269 e. The molecule has 7 nitrogen and oxygen atoms in total. The molecule has 3 N–H and O–H groups in total. The van der Waals surface area contributed by atoms with Crippen LogP contribution in [0.15, 0.2) is 35.1 Å². The summed E-state index contributed by atoms with van der Waals surface area (Å²) in [4.78, 5) is 27.0. The summed E-state index contributed by atoms with van der Waals surface area (Å²) in [7, 11) is 0. The average molecular weight is 384 g/mol. The fourth-order valence-corrected chi connectivity index (χ4v) is 3.83. The van der Waals surface area contributed by atoms with Gasteiger partial charge in [0.25, 0.3) is 11.5 Å². The molecule has 2 heterocycles. The topological polar surface area (TPSA) is 98.3 Å². The average Bonchev–Trinajstić information content (AvgIpc) is 3.09. The number of β-amino-alcohol motifs (C(OH)–C–C–N with tert-alkyl or cyclic N) is 1. The van der Waals surface area contributed by atoms with Crippen LogP contribution in [0.4, 0.5) is 0 Å². The quantitative estimate of drug-likeness (QED) is 0.665. The van der Waals surface area contributed by atoms with E-state index in [1.54, 1.807) is 0 Å². The van der Waals surface area contributed by atoms with Crippen LogP contribution in [0.25, 0.3) is 0 Å². The summed E-state index contributed by atoms with van der Waals surface area (Å²) in [5.41, 5.74) is 1.64. The van der Waals surface area contributed by atoms with Crippen LogP contribution >= 0.6 is 0 Å². The van der Waals surface area contributed by atoms with E-state index in [2.05, 4.69) is 20.4 Å². The van der Waals surface area contributed by atoms with Crippen LogP contribution in [0.1, 0.15) is 42.7 Å². The molecule has 0 bridgehead atoms. The predicted octanol–water partition coefficient (Wildman–Crippen LogP) is 1.15. The first kappa shape index (κ1) is 20.2. The number of nitrogens with one attached hydrogen (secondary N) is 2. The molecule has 0 saturated carbocycles. The van der Waals surface area contributed by atoms with Crippen LogP contribution in [-0.2, 0) is 30.7 Å². The number of likely N-dealkylation sites (tertiary alicyclic amines) is 1. The van der Waals surface area contributed by atoms with Crippen molar-refractivity contribution >= 4 is 5.91 Å². The molecule has 0 spiro atoms. The maximum absolute atomic E-state index is 12.7. The van der Waals surface area contributed by atoms with E-state index in [4.69, 9.17) is 0 Å². The van der Waals surface area contributed by atoms with E-state index in [1.165, 1.54) is 0 Å².